The van der Waals surface area contributed by atoms with Gasteiger partial charge >= 0.3 is 5.97 Å². The predicted octanol–water partition coefficient (Wildman–Crippen LogP) is 2.63. The van der Waals surface area contributed by atoms with E-state index in [9.17, 15) is 4.79 Å². The van der Waals surface area contributed by atoms with Crippen LogP contribution in [0.4, 0.5) is 5.82 Å². The summed E-state index contributed by atoms with van der Waals surface area (Å²) < 4.78 is 4.80. The summed E-state index contributed by atoms with van der Waals surface area (Å²) in [5, 5.41) is 1.00. The van der Waals surface area contributed by atoms with Gasteiger partial charge < -0.3 is 9.64 Å². The summed E-state index contributed by atoms with van der Waals surface area (Å²) in [6, 6.07) is 1.65. The maximum Gasteiger partial charge on any atom is 0.310 e. The average molecular weight is 289 g/mol. The van der Waals surface area contributed by atoms with Crippen LogP contribution in [0.5, 0.6) is 0 Å². The van der Waals surface area contributed by atoms with Crippen molar-refractivity contribution in [3.8, 4) is 0 Å². The van der Waals surface area contributed by atoms with E-state index in [0.29, 0.717) is 22.4 Å². The Morgan fingerprint density at radius 3 is 2.83 bits per heavy atom. The molecule has 0 aliphatic carbocycles. The van der Waals surface area contributed by atoms with Gasteiger partial charge in [0, 0.05) is 19.3 Å². The number of esters is 1. The van der Waals surface area contributed by atoms with Gasteiger partial charge in [-0.25, -0.2) is 4.98 Å². The predicted molar refractivity (Wildman–Crippen MR) is 71.1 cm³/mol. The van der Waals surface area contributed by atoms with Gasteiger partial charge in [-0.3, -0.25) is 4.79 Å². The Morgan fingerprint density at radius 2 is 2.22 bits per heavy atom. The number of carbonyl (C=O) groups is 1. The molecule has 1 aromatic rings. The fourth-order valence-electron chi connectivity index (χ4n) is 2.24. The number of nitrogens with zero attached hydrogens (tertiary/aromatic N) is 2. The van der Waals surface area contributed by atoms with Gasteiger partial charge in [0.1, 0.15) is 5.82 Å². The second-order valence-corrected chi connectivity index (χ2v) is 5.31. The van der Waals surface area contributed by atoms with Gasteiger partial charge in [0.25, 0.3) is 0 Å². The van der Waals surface area contributed by atoms with Crippen LogP contribution in [0.3, 0.4) is 0 Å². The van der Waals surface area contributed by atoms with E-state index in [-0.39, 0.29) is 17.8 Å². The number of rotatable bonds is 2. The molecule has 98 valence electrons. The monoisotopic (exact) mass is 288 g/mol. The Labute approximate surface area is 116 Å². The first-order chi connectivity index (χ1) is 8.52. The lowest BCUT2D eigenvalue weighted by atomic mass is 9.99. The summed E-state index contributed by atoms with van der Waals surface area (Å²) in [5.74, 6) is 0.559. The number of hydrogen-bond acceptors (Lipinski definition) is 4. The number of pyridine rings is 1. The minimum Gasteiger partial charge on any atom is -0.469 e. The average Bonchev–Trinajstić information content (AvgIpc) is 2.70. The van der Waals surface area contributed by atoms with Crippen molar-refractivity contribution in [2.45, 2.75) is 6.92 Å². The third-order valence-corrected chi connectivity index (χ3v) is 3.69. The van der Waals surface area contributed by atoms with Gasteiger partial charge in [-0.2, -0.15) is 0 Å². The van der Waals surface area contributed by atoms with Gasteiger partial charge in [-0.05, 0) is 12.0 Å². The lowest BCUT2D eigenvalue weighted by Gasteiger charge is -2.18. The fraction of sp³-hybridized carbons (Fsp3) is 0.500. The van der Waals surface area contributed by atoms with Gasteiger partial charge in [0.2, 0.25) is 0 Å². The van der Waals surface area contributed by atoms with Gasteiger partial charge in [0.15, 0.2) is 0 Å². The van der Waals surface area contributed by atoms with Crippen molar-refractivity contribution >= 4 is 35.0 Å². The molecule has 1 aliphatic heterocycles. The Hall–Kier alpha value is -1.000. The van der Waals surface area contributed by atoms with Crippen molar-refractivity contribution in [3.63, 3.8) is 0 Å². The van der Waals surface area contributed by atoms with Crippen molar-refractivity contribution in [2.24, 2.45) is 11.8 Å². The van der Waals surface area contributed by atoms with E-state index in [1.807, 2.05) is 11.8 Å². The topological polar surface area (TPSA) is 42.4 Å². The van der Waals surface area contributed by atoms with E-state index in [4.69, 9.17) is 27.9 Å². The number of anilines is 1. The van der Waals surface area contributed by atoms with Crippen LogP contribution in [-0.2, 0) is 9.53 Å². The molecule has 1 aromatic heterocycles. The lowest BCUT2D eigenvalue weighted by molar-refractivity contribution is -0.145. The van der Waals surface area contributed by atoms with E-state index >= 15 is 0 Å². The first-order valence-corrected chi connectivity index (χ1v) is 6.42. The van der Waals surface area contributed by atoms with Crippen LogP contribution in [0.15, 0.2) is 12.3 Å². The molecular weight excluding hydrogens is 275 g/mol. The highest BCUT2D eigenvalue weighted by molar-refractivity contribution is 6.36. The van der Waals surface area contributed by atoms with Crippen LogP contribution in [0.25, 0.3) is 0 Å². The zero-order valence-electron chi connectivity index (χ0n) is 10.2. The van der Waals surface area contributed by atoms with Crippen LogP contribution >= 0.6 is 23.2 Å². The van der Waals surface area contributed by atoms with Crippen molar-refractivity contribution in [1.29, 1.82) is 0 Å². The molecule has 0 bridgehead atoms. The third kappa shape index (κ3) is 2.54. The van der Waals surface area contributed by atoms with Crippen molar-refractivity contribution in [1.82, 2.24) is 4.98 Å². The summed E-state index contributed by atoms with van der Waals surface area (Å²) in [4.78, 5) is 17.8. The van der Waals surface area contributed by atoms with E-state index in [2.05, 4.69) is 4.98 Å². The van der Waals surface area contributed by atoms with Crippen LogP contribution in [0.2, 0.25) is 10.0 Å². The van der Waals surface area contributed by atoms with E-state index < -0.39 is 0 Å². The molecule has 6 heteroatoms. The van der Waals surface area contributed by atoms with E-state index in [1.165, 1.54) is 7.11 Å². The molecule has 2 unspecified atom stereocenters. The summed E-state index contributed by atoms with van der Waals surface area (Å²) in [5.41, 5.74) is 0. The Bertz CT molecular complexity index is 467. The maximum atomic E-state index is 11.6. The minimum atomic E-state index is -0.185. The van der Waals surface area contributed by atoms with E-state index in [1.54, 1.807) is 12.3 Å². The smallest absolute Gasteiger partial charge is 0.310 e. The molecule has 0 saturated carbocycles. The summed E-state index contributed by atoms with van der Waals surface area (Å²) >= 11 is 11.9. The SMILES string of the molecule is COC(=O)C1CN(c2ncc(Cl)cc2Cl)CC1C. The summed E-state index contributed by atoms with van der Waals surface area (Å²) in [6.45, 7) is 3.32. The molecule has 1 fully saturated rings. The molecule has 1 aliphatic rings. The third-order valence-electron chi connectivity index (χ3n) is 3.20. The molecule has 0 aromatic carbocycles. The molecule has 2 heterocycles. The largest absolute Gasteiger partial charge is 0.469 e. The van der Waals surface area contributed by atoms with Crippen LogP contribution < -0.4 is 4.90 Å². The lowest BCUT2D eigenvalue weighted by Crippen LogP contribution is -2.25. The van der Waals surface area contributed by atoms with Crippen LogP contribution in [-0.4, -0.2) is 31.2 Å². The first-order valence-electron chi connectivity index (χ1n) is 5.66. The molecule has 0 amide bonds. The quantitative estimate of drug-likeness (QED) is 0.785. The molecule has 2 atom stereocenters. The molecule has 2 rings (SSSR count). The van der Waals surface area contributed by atoms with Crippen molar-refractivity contribution < 1.29 is 9.53 Å². The Kier molecular flexibility index (Phi) is 3.97. The second-order valence-electron chi connectivity index (χ2n) is 4.47. The maximum absolute atomic E-state index is 11.6. The van der Waals surface area contributed by atoms with Crippen molar-refractivity contribution in [2.75, 3.05) is 25.1 Å². The number of ether oxygens (including phenoxy) is 1. The molecule has 1 saturated heterocycles. The van der Waals surface area contributed by atoms with Gasteiger partial charge in [-0.15, -0.1) is 0 Å². The standard InChI is InChI=1S/C12H14Cl2N2O2/c1-7-5-16(6-9(7)12(17)18-2)11-10(14)3-8(13)4-15-11/h3-4,7,9H,5-6H2,1-2H3. The summed E-state index contributed by atoms with van der Waals surface area (Å²) in [6.07, 6.45) is 1.55. The number of methoxy groups -OCH3 is 1. The first kappa shape index (κ1) is 13.4. The summed E-state index contributed by atoms with van der Waals surface area (Å²) in [7, 11) is 1.41. The number of halogens is 2. The highest BCUT2D eigenvalue weighted by Crippen LogP contribution is 2.32. The van der Waals surface area contributed by atoms with Crippen molar-refractivity contribution in [3.05, 3.63) is 22.3 Å². The number of hydrogen-bond donors (Lipinski definition) is 0. The molecule has 4 nitrogen and oxygen atoms in total. The normalized spacial score (nSPS) is 23.2. The van der Waals surface area contributed by atoms with Gasteiger partial charge in [0.05, 0.1) is 23.1 Å². The van der Waals surface area contributed by atoms with E-state index in [0.717, 1.165) is 6.54 Å². The van der Waals surface area contributed by atoms with Crippen LogP contribution in [0.1, 0.15) is 6.92 Å². The minimum absolute atomic E-state index is 0.136. The highest BCUT2D eigenvalue weighted by Gasteiger charge is 2.36. The number of carbonyl (C=O) groups excluding carboxylic acids is 1. The Balaban J connectivity index is 2.19. The zero-order chi connectivity index (χ0) is 13.3. The number of aromatic nitrogens is 1. The molecule has 0 radical (unpaired) electrons. The van der Waals surface area contributed by atoms with Gasteiger partial charge in [-0.1, -0.05) is 30.1 Å². The molecule has 0 N–H and O–H groups in total. The molecular formula is C12H14Cl2N2O2. The fourth-order valence-corrected chi connectivity index (χ4v) is 2.74. The molecule has 0 spiro atoms. The van der Waals surface area contributed by atoms with Crippen LogP contribution in [0, 0.1) is 11.8 Å². The Morgan fingerprint density at radius 1 is 1.50 bits per heavy atom. The zero-order valence-corrected chi connectivity index (χ0v) is 11.7. The second kappa shape index (κ2) is 5.33. The highest BCUT2D eigenvalue weighted by atomic mass is 35.5. The molecule has 18 heavy (non-hydrogen) atoms.